The van der Waals surface area contributed by atoms with Crippen molar-refractivity contribution in [1.29, 1.82) is 0 Å². The van der Waals surface area contributed by atoms with Gasteiger partial charge in [0.15, 0.2) is 0 Å². The first-order valence-corrected chi connectivity index (χ1v) is 6.64. The number of carbonyl (C=O) groups is 1. The van der Waals surface area contributed by atoms with Crippen LogP contribution in [0.3, 0.4) is 0 Å². The summed E-state index contributed by atoms with van der Waals surface area (Å²) >= 11 is 1.60. The molecule has 1 aromatic carbocycles. The Morgan fingerprint density at radius 2 is 2.16 bits per heavy atom. The predicted octanol–water partition coefficient (Wildman–Crippen LogP) is 2.66. The molecule has 0 saturated carbocycles. The van der Waals surface area contributed by atoms with E-state index in [4.69, 9.17) is 9.84 Å². The van der Waals surface area contributed by atoms with Crippen LogP contribution in [0.1, 0.15) is 5.01 Å². The fourth-order valence-electron chi connectivity index (χ4n) is 1.51. The lowest BCUT2D eigenvalue weighted by Crippen LogP contribution is -2.15. The average molecular weight is 278 g/mol. The number of nitrogens with zero attached hydrogens (tertiary/aromatic N) is 1. The Morgan fingerprint density at radius 1 is 1.42 bits per heavy atom. The fraction of sp³-hybridized carbons (Fsp3) is 0.231. The maximum atomic E-state index is 11.3. The molecule has 2 aromatic rings. The zero-order valence-corrected chi connectivity index (χ0v) is 11.2. The molecule has 6 heteroatoms. The van der Waals surface area contributed by atoms with Gasteiger partial charge in [-0.1, -0.05) is 12.1 Å². The van der Waals surface area contributed by atoms with Gasteiger partial charge in [0.2, 0.25) is 0 Å². The first-order valence-electron chi connectivity index (χ1n) is 5.76. The molecular formula is C13H14N2O3S. The van der Waals surface area contributed by atoms with Gasteiger partial charge in [-0.05, 0) is 19.1 Å². The molecule has 0 spiro atoms. The van der Waals surface area contributed by atoms with Crippen molar-refractivity contribution in [2.75, 3.05) is 18.5 Å². The van der Waals surface area contributed by atoms with Crippen LogP contribution < -0.4 is 5.32 Å². The molecule has 2 rings (SSSR count). The van der Waals surface area contributed by atoms with E-state index >= 15 is 0 Å². The maximum Gasteiger partial charge on any atom is 0.411 e. The topological polar surface area (TPSA) is 71.5 Å². The molecule has 1 heterocycles. The van der Waals surface area contributed by atoms with Crippen molar-refractivity contribution in [2.24, 2.45) is 0 Å². The van der Waals surface area contributed by atoms with Gasteiger partial charge in [-0.3, -0.25) is 5.32 Å². The van der Waals surface area contributed by atoms with E-state index in [1.807, 2.05) is 24.4 Å². The number of aliphatic hydroxyl groups excluding tert-OH is 1. The highest BCUT2D eigenvalue weighted by molar-refractivity contribution is 7.09. The Hall–Kier alpha value is -1.92. The van der Waals surface area contributed by atoms with Gasteiger partial charge < -0.3 is 9.84 Å². The Kier molecular flexibility index (Phi) is 4.48. The minimum atomic E-state index is -0.577. The molecule has 0 bridgehead atoms. The first-order chi connectivity index (χ1) is 9.19. The van der Waals surface area contributed by atoms with E-state index in [9.17, 15) is 4.79 Å². The molecule has 0 aliphatic carbocycles. The lowest BCUT2D eigenvalue weighted by Gasteiger charge is -2.06. The molecule has 0 aliphatic heterocycles. The zero-order chi connectivity index (χ0) is 13.7. The molecule has 0 aliphatic rings. The van der Waals surface area contributed by atoms with Gasteiger partial charge in [0.05, 0.1) is 17.3 Å². The quantitative estimate of drug-likeness (QED) is 0.902. The summed E-state index contributed by atoms with van der Waals surface area (Å²) in [6, 6.07) is 7.33. The van der Waals surface area contributed by atoms with Gasteiger partial charge >= 0.3 is 6.09 Å². The Balaban J connectivity index is 2.00. The molecule has 0 saturated heterocycles. The van der Waals surface area contributed by atoms with E-state index in [0.29, 0.717) is 5.69 Å². The predicted molar refractivity (Wildman–Crippen MR) is 74.3 cm³/mol. The highest BCUT2D eigenvalue weighted by Gasteiger charge is 2.04. The molecule has 1 amide bonds. The van der Waals surface area contributed by atoms with E-state index in [1.54, 1.807) is 23.5 Å². The molecule has 0 radical (unpaired) electrons. The summed E-state index contributed by atoms with van der Waals surface area (Å²) in [5.74, 6) is 0. The largest absolute Gasteiger partial charge is 0.447 e. The summed E-state index contributed by atoms with van der Waals surface area (Å²) in [5, 5.41) is 14.1. The number of amides is 1. The van der Waals surface area contributed by atoms with Crippen molar-refractivity contribution in [3.05, 3.63) is 34.7 Å². The number of hydrogen-bond donors (Lipinski definition) is 2. The van der Waals surface area contributed by atoms with E-state index in [0.717, 1.165) is 16.3 Å². The molecule has 5 nitrogen and oxygen atoms in total. The SMILES string of the molecule is Cc1nc(-c2ccc(NC(=O)OCCO)cc2)cs1. The second-order valence-electron chi connectivity index (χ2n) is 3.81. The summed E-state index contributed by atoms with van der Waals surface area (Å²) in [6.07, 6.45) is -0.577. The van der Waals surface area contributed by atoms with E-state index in [2.05, 4.69) is 10.3 Å². The molecule has 0 unspecified atom stereocenters. The minimum Gasteiger partial charge on any atom is -0.447 e. The van der Waals surface area contributed by atoms with Crippen molar-refractivity contribution in [2.45, 2.75) is 6.92 Å². The van der Waals surface area contributed by atoms with Crippen LogP contribution in [0.5, 0.6) is 0 Å². The smallest absolute Gasteiger partial charge is 0.411 e. The van der Waals surface area contributed by atoms with E-state index < -0.39 is 6.09 Å². The van der Waals surface area contributed by atoms with Crippen LogP contribution in [-0.4, -0.2) is 29.4 Å². The summed E-state index contributed by atoms with van der Waals surface area (Å²) < 4.78 is 4.70. The van der Waals surface area contributed by atoms with Gasteiger partial charge in [-0.25, -0.2) is 9.78 Å². The highest BCUT2D eigenvalue weighted by Crippen LogP contribution is 2.23. The van der Waals surface area contributed by atoms with Crippen LogP contribution in [0, 0.1) is 6.92 Å². The molecule has 1 aromatic heterocycles. The number of aliphatic hydroxyl groups is 1. The number of hydrogen-bond acceptors (Lipinski definition) is 5. The standard InChI is InChI=1S/C13H14N2O3S/c1-9-14-12(8-19-9)10-2-4-11(5-3-10)15-13(17)18-7-6-16/h2-5,8,16H,6-7H2,1H3,(H,15,17). The molecule has 19 heavy (non-hydrogen) atoms. The van der Waals surface area contributed by atoms with Gasteiger partial charge in [-0.2, -0.15) is 0 Å². The van der Waals surface area contributed by atoms with Gasteiger partial charge in [0.25, 0.3) is 0 Å². The Morgan fingerprint density at radius 3 is 2.74 bits per heavy atom. The van der Waals surface area contributed by atoms with Crippen molar-refractivity contribution < 1.29 is 14.6 Å². The van der Waals surface area contributed by atoms with E-state index in [-0.39, 0.29) is 13.2 Å². The summed E-state index contributed by atoms with van der Waals surface area (Å²) in [4.78, 5) is 15.7. The van der Waals surface area contributed by atoms with Crippen molar-refractivity contribution in [3.63, 3.8) is 0 Å². The van der Waals surface area contributed by atoms with Gasteiger partial charge in [0.1, 0.15) is 6.61 Å². The summed E-state index contributed by atoms with van der Waals surface area (Å²) in [7, 11) is 0. The third-order valence-electron chi connectivity index (χ3n) is 2.37. The van der Waals surface area contributed by atoms with Crippen LogP contribution in [0.4, 0.5) is 10.5 Å². The highest BCUT2D eigenvalue weighted by atomic mass is 32.1. The number of benzene rings is 1. The van der Waals surface area contributed by atoms with Crippen molar-refractivity contribution in [1.82, 2.24) is 4.98 Å². The number of nitrogens with one attached hydrogen (secondary N) is 1. The number of carbonyl (C=O) groups excluding carboxylic acids is 1. The lowest BCUT2D eigenvalue weighted by molar-refractivity contribution is 0.131. The number of thiazole rings is 1. The van der Waals surface area contributed by atoms with Crippen LogP contribution in [-0.2, 0) is 4.74 Å². The van der Waals surface area contributed by atoms with Crippen LogP contribution in [0.2, 0.25) is 0 Å². The Labute approximate surface area is 114 Å². The van der Waals surface area contributed by atoms with Crippen LogP contribution >= 0.6 is 11.3 Å². The molecule has 0 fully saturated rings. The number of aryl methyl sites for hydroxylation is 1. The van der Waals surface area contributed by atoms with Gasteiger partial charge in [-0.15, -0.1) is 11.3 Å². The summed E-state index contributed by atoms with van der Waals surface area (Å²) in [6.45, 7) is 1.76. The lowest BCUT2D eigenvalue weighted by atomic mass is 10.1. The molecule has 100 valence electrons. The number of aromatic nitrogens is 1. The van der Waals surface area contributed by atoms with Crippen molar-refractivity contribution >= 4 is 23.1 Å². The molecule has 2 N–H and O–H groups in total. The molecular weight excluding hydrogens is 264 g/mol. The summed E-state index contributed by atoms with van der Waals surface area (Å²) in [5.41, 5.74) is 2.56. The second kappa shape index (κ2) is 6.31. The number of anilines is 1. The number of rotatable bonds is 4. The average Bonchev–Trinajstić information content (AvgIpc) is 2.84. The van der Waals surface area contributed by atoms with Crippen molar-refractivity contribution in [3.8, 4) is 11.3 Å². The Bertz CT molecular complexity index is 551. The van der Waals surface area contributed by atoms with Crippen LogP contribution in [0.25, 0.3) is 11.3 Å². The third-order valence-corrected chi connectivity index (χ3v) is 3.14. The third kappa shape index (κ3) is 3.77. The monoisotopic (exact) mass is 278 g/mol. The number of ether oxygens (including phenoxy) is 1. The zero-order valence-electron chi connectivity index (χ0n) is 10.4. The molecule has 0 atom stereocenters. The normalized spacial score (nSPS) is 10.2. The minimum absolute atomic E-state index is 0.0119. The second-order valence-corrected chi connectivity index (χ2v) is 4.88. The van der Waals surface area contributed by atoms with Crippen LogP contribution in [0.15, 0.2) is 29.6 Å². The first kappa shape index (κ1) is 13.5. The maximum absolute atomic E-state index is 11.3. The van der Waals surface area contributed by atoms with E-state index in [1.165, 1.54) is 0 Å². The fourth-order valence-corrected chi connectivity index (χ4v) is 2.13. The van der Waals surface area contributed by atoms with Gasteiger partial charge in [0, 0.05) is 16.6 Å².